The van der Waals surface area contributed by atoms with Gasteiger partial charge < -0.3 is 25.0 Å². The Kier molecular flexibility index (Phi) is 6.23. The van der Waals surface area contributed by atoms with Crippen LogP contribution in [0.5, 0.6) is 23.0 Å². The van der Waals surface area contributed by atoms with Gasteiger partial charge in [-0.05, 0) is 71.9 Å². The Labute approximate surface area is 190 Å². The zero-order chi connectivity index (χ0) is 22.5. The van der Waals surface area contributed by atoms with E-state index in [-0.39, 0.29) is 11.5 Å². The highest BCUT2D eigenvalue weighted by Crippen LogP contribution is 2.35. The quantitative estimate of drug-likeness (QED) is 0.262. The van der Waals surface area contributed by atoms with Crippen LogP contribution >= 0.6 is 12.2 Å². The van der Waals surface area contributed by atoms with Crippen LogP contribution in [0.1, 0.15) is 16.7 Å². The molecule has 0 radical (unpaired) electrons. The van der Waals surface area contributed by atoms with Crippen LogP contribution in [-0.4, -0.2) is 35.3 Å². The molecule has 1 aliphatic rings. The van der Waals surface area contributed by atoms with E-state index in [4.69, 9.17) is 21.7 Å². The number of anilines is 1. The normalized spacial score (nSPS) is 12.5. The van der Waals surface area contributed by atoms with Gasteiger partial charge in [-0.2, -0.15) is 5.10 Å². The summed E-state index contributed by atoms with van der Waals surface area (Å²) >= 11 is 5.24. The smallest absolute Gasteiger partial charge is 0.191 e. The van der Waals surface area contributed by atoms with Gasteiger partial charge in [-0.3, -0.25) is 5.43 Å². The summed E-state index contributed by atoms with van der Waals surface area (Å²) in [5.41, 5.74) is 6.77. The molecule has 0 saturated heterocycles. The van der Waals surface area contributed by atoms with Crippen molar-refractivity contribution in [2.24, 2.45) is 5.10 Å². The highest BCUT2D eigenvalue weighted by Gasteiger charge is 2.15. The van der Waals surface area contributed by atoms with Gasteiger partial charge in [0.25, 0.3) is 0 Å². The summed E-state index contributed by atoms with van der Waals surface area (Å²) in [6, 6.07) is 17.6. The molecule has 0 spiro atoms. The maximum atomic E-state index is 10.3. The molecule has 0 fully saturated rings. The number of phenols is 2. The van der Waals surface area contributed by atoms with E-state index in [2.05, 4.69) is 15.8 Å². The minimum atomic E-state index is 0.0461. The molecule has 4 rings (SSSR count). The lowest BCUT2D eigenvalue weighted by Gasteiger charge is -2.19. The van der Waals surface area contributed by atoms with Crippen LogP contribution in [0.4, 0.5) is 5.69 Å². The molecule has 0 bridgehead atoms. The third-order valence-corrected chi connectivity index (χ3v) is 5.02. The first-order valence-corrected chi connectivity index (χ1v) is 10.2. The molecule has 0 aliphatic carbocycles. The summed E-state index contributed by atoms with van der Waals surface area (Å²) in [5, 5.41) is 27.2. The number of benzene rings is 3. The first-order valence-electron chi connectivity index (χ1n) is 9.76. The monoisotopic (exact) mass is 447 g/mol. The van der Waals surface area contributed by atoms with Crippen molar-refractivity contribution in [1.29, 1.82) is 0 Å². The number of hydrogen-bond donors (Lipinski definition) is 4. The Bertz CT molecular complexity index is 1190. The molecule has 0 atom stereocenters. The van der Waals surface area contributed by atoms with E-state index in [0.29, 0.717) is 23.0 Å². The summed E-state index contributed by atoms with van der Waals surface area (Å²) in [4.78, 5) is 0. The molecule has 0 aromatic heterocycles. The van der Waals surface area contributed by atoms with Crippen molar-refractivity contribution >= 4 is 40.9 Å². The summed E-state index contributed by atoms with van der Waals surface area (Å²) in [5.74, 6) is 1.60. The van der Waals surface area contributed by atoms with Crippen LogP contribution in [0.2, 0.25) is 0 Å². The van der Waals surface area contributed by atoms with Gasteiger partial charge in [0.15, 0.2) is 5.11 Å². The molecule has 0 unspecified atom stereocenters. The number of hydrazone groups is 1. The van der Waals surface area contributed by atoms with Crippen molar-refractivity contribution < 1.29 is 19.7 Å². The maximum absolute atomic E-state index is 10.3. The van der Waals surface area contributed by atoms with Gasteiger partial charge in [0.2, 0.25) is 0 Å². The van der Waals surface area contributed by atoms with Gasteiger partial charge in [0.05, 0.1) is 13.3 Å². The summed E-state index contributed by atoms with van der Waals surface area (Å²) in [6.07, 6.45) is 3.48. The number of phenolic OH excluding ortho intramolecular Hbond substituents is 2. The predicted octanol–water partition coefficient (Wildman–Crippen LogP) is 4.36. The number of rotatable bonds is 5. The Morgan fingerprint density at radius 2 is 1.84 bits per heavy atom. The standard InChI is InChI=1S/C24H21N3O4S/c1-30-21-8-4-19(5-9-21)26-24(32)27-25-13-17-10-16-11-18(14-31-23(16)12-22(17)29)15-2-6-20(28)7-3-15/h2-13,28-29H,14H2,1H3,(H2,26,27,32)/b25-13+. The highest BCUT2D eigenvalue weighted by molar-refractivity contribution is 7.80. The second kappa shape index (κ2) is 9.40. The van der Waals surface area contributed by atoms with Crippen LogP contribution in [0.3, 0.4) is 0 Å². The zero-order valence-electron chi connectivity index (χ0n) is 17.2. The fourth-order valence-electron chi connectivity index (χ4n) is 3.17. The zero-order valence-corrected chi connectivity index (χ0v) is 18.0. The van der Waals surface area contributed by atoms with Crippen molar-refractivity contribution in [3.8, 4) is 23.0 Å². The molecule has 162 valence electrons. The van der Waals surface area contributed by atoms with Crippen molar-refractivity contribution in [2.75, 3.05) is 19.0 Å². The lowest BCUT2D eigenvalue weighted by atomic mass is 9.99. The highest BCUT2D eigenvalue weighted by atomic mass is 32.1. The third kappa shape index (κ3) is 4.98. The van der Waals surface area contributed by atoms with E-state index in [1.54, 1.807) is 31.4 Å². The van der Waals surface area contributed by atoms with Crippen LogP contribution in [-0.2, 0) is 0 Å². The number of fused-ring (bicyclic) bond motifs is 1. The topological polar surface area (TPSA) is 95.3 Å². The molecule has 32 heavy (non-hydrogen) atoms. The van der Waals surface area contributed by atoms with Crippen molar-refractivity contribution in [3.05, 3.63) is 77.4 Å². The average Bonchev–Trinajstić information content (AvgIpc) is 2.80. The van der Waals surface area contributed by atoms with E-state index in [1.807, 2.05) is 42.5 Å². The number of hydrogen-bond acceptors (Lipinski definition) is 6. The van der Waals surface area contributed by atoms with E-state index < -0.39 is 0 Å². The van der Waals surface area contributed by atoms with Gasteiger partial charge in [0, 0.05) is 22.9 Å². The Morgan fingerprint density at radius 1 is 1.09 bits per heavy atom. The average molecular weight is 448 g/mol. The molecule has 3 aromatic carbocycles. The molecule has 1 aliphatic heterocycles. The SMILES string of the molecule is COc1ccc(NC(=S)N/N=C/c2cc3c(cc2O)OCC(c2ccc(O)cc2)=C3)cc1. The van der Waals surface area contributed by atoms with E-state index in [1.165, 1.54) is 6.21 Å². The fourth-order valence-corrected chi connectivity index (χ4v) is 3.34. The Balaban J connectivity index is 1.45. The maximum Gasteiger partial charge on any atom is 0.191 e. The van der Waals surface area contributed by atoms with E-state index in [9.17, 15) is 10.2 Å². The lowest BCUT2D eigenvalue weighted by Crippen LogP contribution is -2.23. The Morgan fingerprint density at radius 3 is 2.56 bits per heavy atom. The van der Waals surface area contributed by atoms with E-state index >= 15 is 0 Å². The van der Waals surface area contributed by atoms with Gasteiger partial charge in [-0.25, -0.2) is 0 Å². The number of nitrogens with one attached hydrogen (secondary N) is 2. The number of ether oxygens (including phenoxy) is 2. The first kappa shape index (κ1) is 21.2. The van der Waals surface area contributed by atoms with Gasteiger partial charge in [-0.1, -0.05) is 12.1 Å². The van der Waals surface area contributed by atoms with Crippen molar-refractivity contribution in [1.82, 2.24) is 5.43 Å². The number of aromatic hydroxyl groups is 2. The van der Waals surface area contributed by atoms with Crippen LogP contribution in [0.15, 0.2) is 65.8 Å². The fraction of sp³-hybridized carbons (Fsp3) is 0.0833. The number of thiocarbonyl (C=S) groups is 1. The van der Waals surface area contributed by atoms with Crippen molar-refractivity contribution in [3.63, 3.8) is 0 Å². The minimum absolute atomic E-state index is 0.0461. The molecular weight excluding hydrogens is 426 g/mol. The van der Waals surface area contributed by atoms with Crippen molar-refractivity contribution in [2.45, 2.75) is 0 Å². The molecule has 8 heteroatoms. The Hall–Kier alpha value is -4.04. The summed E-state index contributed by atoms with van der Waals surface area (Å²) < 4.78 is 10.9. The summed E-state index contributed by atoms with van der Waals surface area (Å²) in [7, 11) is 1.61. The molecule has 1 heterocycles. The van der Waals surface area contributed by atoms with Gasteiger partial charge in [-0.15, -0.1) is 0 Å². The second-order valence-corrected chi connectivity index (χ2v) is 7.41. The predicted molar refractivity (Wildman–Crippen MR) is 130 cm³/mol. The number of nitrogens with zero attached hydrogens (tertiary/aromatic N) is 1. The molecule has 3 aromatic rings. The van der Waals surface area contributed by atoms with Gasteiger partial charge >= 0.3 is 0 Å². The molecule has 0 amide bonds. The molecular formula is C24H21N3O4S. The van der Waals surface area contributed by atoms with E-state index in [0.717, 1.165) is 28.1 Å². The van der Waals surface area contributed by atoms with Crippen LogP contribution in [0, 0.1) is 0 Å². The van der Waals surface area contributed by atoms with Crippen LogP contribution in [0.25, 0.3) is 11.6 Å². The largest absolute Gasteiger partial charge is 0.508 e. The minimum Gasteiger partial charge on any atom is -0.508 e. The summed E-state index contributed by atoms with van der Waals surface area (Å²) in [6.45, 7) is 0.373. The first-order chi connectivity index (χ1) is 15.5. The number of methoxy groups -OCH3 is 1. The molecule has 0 saturated carbocycles. The van der Waals surface area contributed by atoms with Gasteiger partial charge in [0.1, 0.15) is 29.6 Å². The third-order valence-electron chi connectivity index (χ3n) is 4.83. The lowest BCUT2D eigenvalue weighted by molar-refractivity contribution is 0.362. The van der Waals surface area contributed by atoms with Crippen LogP contribution < -0.4 is 20.2 Å². The second-order valence-electron chi connectivity index (χ2n) is 7.01. The molecule has 7 nitrogen and oxygen atoms in total. The molecule has 4 N–H and O–H groups in total.